The van der Waals surface area contributed by atoms with Gasteiger partial charge in [0.15, 0.2) is 0 Å². The molecule has 1 spiro atoms. The van der Waals surface area contributed by atoms with Crippen LogP contribution in [0, 0.1) is 13.8 Å². The number of oxime groups is 1. The van der Waals surface area contributed by atoms with Gasteiger partial charge >= 0.3 is 0 Å². The summed E-state index contributed by atoms with van der Waals surface area (Å²) in [5.41, 5.74) is 3.37. The predicted molar refractivity (Wildman–Crippen MR) is 77.6 cm³/mol. The lowest BCUT2D eigenvalue weighted by Gasteiger charge is -2.45. The van der Waals surface area contributed by atoms with E-state index in [1.165, 1.54) is 6.42 Å². The molecule has 1 aliphatic heterocycles. The summed E-state index contributed by atoms with van der Waals surface area (Å²) < 4.78 is 6.23. The molecule has 2 aliphatic rings. The first-order valence-corrected chi connectivity index (χ1v) is 7.28. The molecule has 0 radical (unpaired) electrons. The fourth-order valence-electron chi connectivity index (χ4n) is 3.11. The maximum atomic E-state index is 10.2. The molecular formula is C16H21NO3. The maximum absolute atomic E-state index is 10.2. The lowest BCUT2D eigenvalue weighted by molar-refractivity contribution is -0.00619. The average molecular weight is 275 g/mol. The van der Waals surface area contributed by atoms with E-state index in [9.17, 15) is 5.11 Å². The van der Waals surface area contributed by atoms with Gasteiger partial charge in [0, 0.05) is 17.5 Å². The molecule has 4 heteroatoms. The van der Waals surface area contributed by atoms with Crippen LogP contribution < -0.4 is 4.74 Å². The Morgan fingerprint density at radius 2 is 2.15 bits per heavy atom. The zero-order valence-corrected chi connectivity index (χ0v) is 12.3. The Bertz CT molecular complexity index is 574. The number of nitrogens with zero attached hydrogens (tertiary/aromatic N) is 1. The van der Waals surface area contributed by atoms with Crippen molar-refractivity contribution in [1.29, 1.82) is 0 Å². The highest BCUT2D eigenvalue weighted by molar-refractivity contribution is 6.06. The number of rotatable bonds is 2. The number of fused-ring (bicyclic) bond motifs is 1. The lowest BCUT2D eigenvalue weighted by Crippen LogP contribution is -2.48. The summed E-state index contributed by atoms with van der Waals surface area (Å²) in [6.07, 6.45) is 4.10. The van der Waals surface area contributed by atoms with Crippen LogP contribution in [-0.2, 0) is 4.84 Å². The van der Waals surface area contributed by atoms with Crippen molar-refractivity contribution in [2.24, 2.45) is 5.16 Å². The summed E-state index contributed by atoms with van der Waals surface area (Å²) in [4.78, 5) is 5.27. The third-order valence-electron chi connectivity index (χ3n) is 4.37. The zero-order valence-electron chi connectivity index (χ0n) is 12.3. The Labute approximate surface area is 119 Å². The Balaban J connectivity index is 2.12. The molecule has 3 rings (SSSR count). The van der Waals surface area contributed by atoms with Gasteiger partial charge in [0.1, 0.15) is 23.7 Å². The van der Waals surface area contributed by atoms with Crippen LogP contribution >= 0.6 is 0 Å². The van der Waals surface area contributed by atoms with E-state index in [-0.39, 0.29) is 5.60 Å². The van der Waals surface area contributed by atoms with Crippen molar-refractivity contribution in [3.63, 3.8) is 0 Å². The van der Waals surface area contributed by atoms with Gasteiger partial charge in [-0.2, -0.15) is 0 Å². The monoisotopic (exact) mass is 275 g/mol. The molecule has 1 aromatic rings. The van der Waals surface area contributed by atoms with Crippen LogP contribution in [0.5, 0.6) is 11.5 Å². The molecule has 20 heavy (non-hydrogen) atoms. The summed E-state index contributed by atoms with van der Waals surface area (Å²) in [6.45, 7) is 6.27. The molecule has 1 fully saturated rings. The molecule has 1 N–H and O–H groups in total. The summed E-state index contributed by atoms with van der Waals surface area (Å²) >= 11 is 0. The number of phenols is 1. The Morgan fingerprint density at radius 3 is 2.75 bits per heavy atom. The second kappa shape index (κ2) is 4.69. The van der Waals surface area contributed by atoms with Crippen LogP contribution in [0.4, 0.5) is 0 Å². The molecule has 0 aromatic heterocycles. The van der Waals surface area contributed by atoms with Crippen LogP contribution in [0.2, 0.25) is 0 Å². The first kappa shape index (κ1) is 13.3. The standard InChI is InChI=1S/C16H21NO3/c1-4-19-17-12-9-16(6-5-7-16)20-13-8-10(2)15(18)11(3)14(12)13/h8,18H,4-7,9H2,1-3H3/b17-12+. The zero-order chi connectivity index (χ0) is 14.3. The highest BCUT2D eigenvalue weighted by Crippen LogP contribution is 2.47. The molecule has 0 saturated heterocycles. The molecule has 0 unspecified atom stereocenters. The van der Waals surface area contributed by atoms with Crippen LogP contribution in [0.15, 0.2) is 11.2 Å². The quantitative estimate of drug-likeness (QED) is 0.841. The second-order valence-electron chi connectivity index (χ2n) is 5.81. The smallest absolute Gasteiger partial charge is 0.130 e. The first-order valence-electron chi connectivity index (χ1n) is 7.28. The summed E-state index contributed by atoms with van der Waals surface area (Å²) in [6, 6.07) is 1.92. The van der Waals surface area contributed by atoms with Crippen molar-refractivity contribution in [3.8, 4) is 11.5 Å². The number of hydrogen-bond donors (Lipinski definition) is 1. The molecule has 1 heterocycles. The van der Waals surface area contributed by atoms with Crippen molar-refractivity contribution >= 4 is 5.71 Å². The van der Waals surface area contributed by atoms with Crippen molar-refractivity contribution in [3.05, 3.63) is 22.8 Å². The summed E-state index contributed by atoms with van der Waals surface area (Å²) in [7, 11) is 0. The fraction of sp³-hybridized carbons (Fsp3) is 0.562. The normalized spacial score (nSPS) is 21.2. The topological polar surface area (TPSA) is 51.0 Å². The SMILES string of the molecule is CCO/N=C1\CC2(CCC2)Oc2cc(C)c(O)c(C)c21. The van der Waals surface area contributed by atoms with E-state index in [0.717, 1.165) is 47.4 Å². The van der Waals surface area contributed by atoms with Gasteiger partial charge in [-0.25, -0.2) is 0 Å². The van der Waals surface area contributed by atoms with E-state index in [0.29, 0.717) is 12.4 Å². The Kier molecular flexibility index (Phi) is 3.11. The Hall–Kier alpha value is -1.71. The molecule has 1 aromatic carbocycles. The van der Waals surface area contributed by atoms with E-state index in [1.54, 1.807) is 0 Å². The minimum atomic E-state index is -0.0984. The van der Waals surface area contributed by atoms with Gasteiger partial charge in [-0.15, -0.1) is 0 Å². The van der Waals surface area contributed by atoms with E-state index >= 15 is 0 Å². The first-order chi connectivity index (χ1) is 9.56. The third kappa shape index (κ3) is 1.94. The van der Waals surface area contributed by atoms with Crippen molar-refractivity contribution in [2.45, 2.75) is 52.1 Å². The van der Waals surface area contributed by atoms with Gasteiger partial charge in [0.05, 0.1) is 5.71 Å². The van der Waals surface area contributed by atoms with Crippen LogP contribution in [0.1, 0.15) is 49.3 Å². The minimum Gasteiger partial charge on any atom is -0.507 e. The molecule has 0 bridgehead atoms. The Morgan fingerprint density at radius 1 is 1.40 bits per heavy atom. The maximum Gasteiger partial charge on any atom is 0.130 e. The fourth-order valence-corrected chi connectivity index (χ4v) is 3.11. The van der Waals surface area contributed by atoms with Crippen molar-refractivity contribution < 1.29 is 14.7 Å². The van der Waals surface area contributed by atoms with Crippen molar-refractivity contribution in [2.75, 3.05) is 6.61 Å². The molecule has 108 valence electrons. The predicted octanol–water partition coefficient (Wildman–Crippen LogP) is 3.45. The van der Waals surface area contributed by atoms with Gasteiger partial charge in [0.25, 0.3) is 0 Å². The summed E-state index contributed by atoms with van der Waals surface area (Å²) in [5, 5.41) is 14.4. The third-order valence-corrected chi connectivity index (χ3v) is 4.37. The number of benzene rings is 1. The van der Waals surface area contributed by atoms with Gasteiger partial charge in [-0.1, -0.05) is 5.16 Å². The minimum absolute atomic E-state index is 0.0984. The van der Waals surface area contributed by atoms with Gasteiger partial charge < -0.3 is 14.7 Å². The van der Waals surface area contributed by atoms with E-state index < -0.39 is 0 Å². The number of aryl methyl sites for hydroxylation is 1. The number of aromatic hydroxyl groups is 1. The highest BCUT2D eigenvalue weighted by Gasteiger charge is 2.45. The molecule has 1 saturated carbocycles. The molecule has 0 atom stereocenters. The number of ether oxygens (including phenoxy) is 1. The molecular weight excluding hydrogens is 254 g/mol. The van der Waals surface area contributed by atoms with Crippen LogP contribution in [0.3, 0.4) is 0 Å². The van der Waals surface area contributed by atoms with Crippen LogP contribution in [0.25, 0.3) is 0 Å². The molecule has 0 amide bonds. The number of hydrogen-bond acceptors (Lipinski definition) is 4. The largest absolute Gasteiger partial charge is 0.507 e. The highest BCUT2D eigenvalue weighted by atomic mass is 16.6. The second-order valence-corrected chi connectivity index (χ2v) is 5.81. The molecule has 4 nitrogen and oxygen atoms in total. The van der Waals surface area contributed by atoms with Gasteiger partial charge in [0.2, 0.25) is 0 Å². The average Bonchev–Trinajstić information content (AvgIpc) is 2.40. The molecule has 1 aliphatic carbocycles. The lowest BCUT2D eigenvalue weighted by atomic mass is 9.73. The van der Waals surface area contributed by atoms with Crippen LogP contribution in [-0.4, -0.2) is 23.0 Å². The van der Waals surface area contributed by atoms with Gasteiger partial charge in [-0.05, 0) is 51.7 Å². The van der Waals surface area contributed by atoms with E-state index in [1.807, 2.05) is 26.8 Å². The van der Waals surface area contributed by atoms with Crippen molar-refractivity contribution in [1.82, 2.24) is 0 Å². The number of phenolic OH excluding ortho intramolecular Hbond substituents is 1. The van der Waals surface area contributed by atoms with E-state index in [4.69, 9.17) is 9.57 Å². The van der Waals surface area contributed by atoms with E-state index in [2.05, 4.69) is 5.16 Å². The summed E-state index contributed by atoms with van der Waals surface area (Å²) in [5.74, 6) is 1.16. The van der Waals surface area contributed by atoms with Gasteiger partial charge in [-0.3, -0.25) is 0 Å².